The highest BCUT2D eigenvalue weighted by atomic mass is 35.5. The van der Waals surface area contributed by atoms with Crippen LogP contribution in [0.25, 0.3) is 0 Å². The minimum atomic E-state index is -0.338. The highest BCUT2D eigenvalue weighted by molar-refractivity contribution is 6.35. The van der Waals surface area contributed by atoms with Gasteiger partial charge in [-0.05, 0) is 49.4 Å². The number of hydrogen-bond acceptors (Lipinski definition) is 5. The van der Waals surface area contributed by atoms with Crippen LogP contribution in [0.15, 0.2) is 53.3 Å². The summed E-state index contributed by atoms with van der Waals surface area (Å²) in [5, 5.41) is 4.56. The highest BCUT2D eigenvalue weighted by Crippen LogP contribution is 2.32. The van der Waals surface area contributed by atoms with Crippen LogP contribution in [0.2, 0.25) is 10.0 Å². The van der Waals surface area contributed by atoms with Crippen molar-refractivity contribution in [2.45, 2.75) is 13.0 Å². The second-order valence-corrected chi connectivity index (χ2v) is 5.53. The molecule has 0 fully saturated rings. The van der Waals surface area contributed by atoms with Crippen LogP contribution in [-0.2, 0) is 0 Å². The van der Waals surface area contributed by atoms with Gasteiger partial charge in [0.1, 0.15) is 17.2 Å². The van der Waals surface area contributed by atoms with E-state index in [9.17, 15) is 0 Å². The average Bonchev–Trinajstić information content (AvgIpc) is 3.06. The maximum absolute atomic E-state index is 6.08. The zero-order chi connectivity index (χ0) is 16.2. The molecule has 1 heterocycles. The lowest BCUT2D eigenvalue weighted by Crippen LogP contribution is -2.03. The summed E-state index contributed by atoms with van der Waals surface area (Å²) < 4.78 is 16.4. The molecule has 0 bridgehead atoms. The lowest BCUT2D eigenvalue weighted by Gasteiger charge is -2.12. The topological polar surface area (TPSA) is 57.4 Å². The third kappa shape index (κ3) is 3.94. The average molecular weight is 351 g/mol. The summed E-state index contributed by atoms with van der Waals surface area (Å²) >= 11 is 11.9. The highest BCUT2D eigenvalue weighted by Gasteiger charge is 2.13. The van der Waals surface area contributed by atoms with E-state index in [0.717, 1.165) is 0 Å². The molecule has 7 heteroatoms. The molecular weight excluding hydrogens is 339 g/mol. The fraction of sp³-hybridized carbons (Fsp3) is 0.125. The zero-order valence-corrected chi connectivity index (χ0v) is 13.6. The summed E-state index contributed by atoms with van der Waals surface area (Å²) in [6, 6.07) is 12.2. The minimum Gasteiger partial charge on any atom is -0.481 e. The quantitative estimate of drug-likeness (QED) is 0.624. The molecule has 0 aliphatic heterocycles. The number of ether oxygens (including phenoxy) is 2. The molecule has 23 heavy (non-hydrogen) atoms. The fourth-order valence-corrected chi connectivity index (χ4v) is 2.33. The Labute approximate surface area is 142 Å². The maximum Gasteiger partial charge on any atom is 0.267 e. The first kappa shape index (κ1) is 15.6. The van der Waals surface area contributed by atoms with Crippen molar-refractivity contribution in [3.05, 3.63) is 64.7 Å². The van der Waals surface area contributed by atoms with Gasteiger partial charge in [0.05, 0.1) is 5.02 Å². The Morgan fingerprint density at radius 1 is 1.04 bits per heavy atom. The smallest absolute Gasteiger partial charge is 0.267 e. The van der Waals surface area contributed by atoms with Gasteiger partial charge in [0.25, 0.3) is 5.89 Å². The van der Waals surface area contributed by atoms with Gasteiger partial charge in [-0.3, -0.25) is 0 Å². The fourth-order valence-electron chi connectivity index (χ4n) is 1.89. The molecule has 0 amide bonds. The molecule has 0 saturated carbocycles. The van der Waals surface area contributed by atoms with Gasteiger partial charge in [0, 0.05) is 5.02 Å². The third-order valence-electron chi connectivity index (χ3n) is 2.98. The lowest BCUT2D eigenvalue weighted by molar-refractivity contribution is 0.175. The van der Waals surface area contributed by atoms with Crippen molar-refractivity contribution in [2.24, 2.45) is 0 Å². The molecule has 0 saturated heterocycles. The maximum atomic E-state index is 6.08. The molecule has 0 spiro atoms. The molecule has 1 unspecified atom stereocenters. The van der Waals surface area contributed by atoms with Crippen LogP contribution in [0.3, 0.4) is 0 Å². The minimum absolute atomic E-state index is 0.338. The first-order valence-corrected chi connectivity index (χ1v) is 7.53. The van der Waals surface area contributed by atoms with Gasteiger partial charge in [-0.15, -0.1) is 0 Å². The summed E-state index contributed by atoms with van der Waals surface area (Å²) in [6.45, 7) is 1.82. The summed E-state index contributed by atoms with van der Waals surface area (Å²) in [6.07, 6.45) is 0.997. The van der Waals surface area contributed by atoms with Gasteiger partial charge in [0.2, 0.25) is 0 Å². The number of benzene rings is 2. The van der Waals surface area contributed by atoms with Crippen molar-refractivity contribution in [3.8, 4) is 17.2 Å². The molecule has 0 N–H and O–H groups in total. The Morgan fingerprint density at radius 2 is 1.78 bits per heavy atom. The number of nitrogens with zero attached hydrogens (tertiary/aromatic N) is 2. The van der Waals surface area contributed by atoms with E-state index in [-0.39, 0.29) is 6.10 Å². The number of aromatic nitrogens is 2. The summed E-state index contributed by atoms with van der Waals surface area (Å²) in [7, 11) is 0. The van der Waals surface area contributed by atoms with E-state index in [1.165, 1.54) is 6.33 Å². The predicted octanol–water partition coefficient (Wildman–Crippen LogP) is 5.31. The number of rotatable bonds is 5. The second-order valence-electron chi connectivity index (χ2n) is 4.69. The largest absolute Gasteiger partial charge is 0.481 e. The number of halogens is 2. The third-order valence-corrected chi connectivity index (χ3v) is 3.51. The van der Waals surface area contributed by atoms with Crippen LogP contribution in [0.4, 0.5) is 0 Å². The van der Waals surface area contributed by atoms with E-state index in [1.54, 1.807) is 42.5 Å². The number of hydrogen-bond donors (Lipinski definition) is 0. The molecule has 118 valence electrons. The van der Waals surface area contributed by atoms with Crippen LogP contribution in [0.1, 0.15) is 18.9 Å². The van der Waals surface area contributed by atoms with Crippen molar-refractivity contribution in [1.82, 2.24) is 10.1 Å². The van der Waals surface area contributed by atoms with E-state index in [1.807, 2.05) is 6.92 Å². The first-order valence-electron chi connectivity index (χ1n) is 6.78. The molecule has 5 nitrogen and oxygen atoms in total. The normalized spacial score (nSPS) is 12.0. The van der Waals surface area contributed by atoms with Crippen molar-refractivity contribution < 1.29 is 14.0 Å². The monoisotopic (exact) mass is 350 g/mol. The summed E-state index contributed by atoms with van der Waals surface area (Å²) in [4.78, 5) is 3.95. The van der Waals surface area contributed by atoms with Gasteiger partial charge in [0.15, 0.2) is 12.4 Å². The van der Waals surface area contributed by atoms with Crippen LogP contribution >= 0.6 is 23.2 Å². The van der Waals surface area contributed by atoms with Crippen molar-refractivity contribution in [3.63, 3.8) is 0 Å². The van der Waals surface area contributed by atoms with E-state index in [0.29, 0.717) is 33.2 Å². The van der Waals surface area contributed by atoms with E-state index in [2.05, 4.69) is 10.1 Å². The van der Waals surface area contributed by atoms with Crippen molar-refractivity contribution >= 4 is 23.2 Å². The molecule has 0 radical (unpaired) electrons. The van der Waals surface area contributed by atoms with E-state index < -0.39 is 0 Å². The van der Waals surface area contributed by atoms with E-state index in [4.69, 9.17) is 37.2 Å². The van der Waals surface area contributed by atoms with Gasteiger partial charge in [-0.25, -0.2) is 0 Å². The van der Waals surface area contributed by atoms with Gasteiger partial charge >= 0.3 is 0 Å². The predicted molar refractivity (Wildman–Crippen MR) is 86.3 cm³/mol. The summed E-state index contributed by atoms with van der Waals surface area (Å²) in [5.41, 5.74) is 0. The Kier molecular flexibility index (Phi) is 4.69. The molecule has 1 aromatic heterocycles. The molecule has 3 rings (SSSR count). The van der Waals surface area contributed by atoms with Crippen LogP contribution < -0.4 is 9.47 Å². The molecule has 2 aromatic carbocycles. The second kappa shape index (κ2) is 6.89. The van der Waals surface area contributed by atoms with Crippen molar-refractivity contribution in [1.29, 1.82) is 0 Å². The SMILES string of the molecule is CC(Oc1ccc(Oc2ccc(Cl)cc2Cl)cc1)c1ncno1. The molecule has 0 aliphatic carbocycles. The standard InChI is InChI=1S/C16H12Cl2N2O3/c1-10(16-19-9-20-23-16)21-12-3-5-13(6-4-12)22-15-7-2-11(17)8-14(15)18/h2-10H,1H3. The van der Waals surface area contributed by atoms with E-state index >= 15 is 0 Å². The van der Waals surface area contributed by atoms with Crippen LogP contribution in [0, 0.1) is 0 Å². The Bertz CT molecular complexity index is 777. The molecule has 0 aliphatic rings. The molecular formula is C16H12Cl2N2O3. The van der Waals surface area contributed by atoms with Gasteiger partial charge in [-0.1, -0.05) is 28.4 Å². The van der Waals surface area contributed by atoms with Crippen LogP contribution in [0.5, 0.6) is 17.2 Å². The van der Waals surface area contributed by atoms with Gasteiger partial charge < -0.3 is 14.0 Å². The Hall–Kier alpha value is -2.24. The Balaban J connectivity index is 1.67. The van der Waals surface area contributed by atoms with Crippen LogP contribution in [-0.4, -0.2) is 10.1 Å². The first-order chi connectivity index (χ1) is 11.1. The lowest BCUT2D eigenvalue weighted by atomic mass is 10.3. The van der Waals surface area contributed by atoms with Gasteiger partial charge in [-0.2, -0.15) is 4.98 Å². The van der Waals surface area contributed by atoms with Crippen molar-refractivity contribution in [2.75, 3.05) is 0 Å². The molecule has 3 aromatic rings. The zero-order valence-electron chi connectivity index (χ0n) is 12.1. The summed E-state index contributed by atoms with van der Waals surface area (Å²) in [5.74, 6) is 2.24. The molecule has 1 atom stereocenters. The Morgan fingerprint density at radius 3 is 2.43 bits per heavy atom.